The highest BCUT2D eigenvalue weighted by Crippen LogP contribution is 2.40. The standard InChI is InChI=1S/C20H32N2S/c1-6-20(4,5)16-8-11-17(12-9-16)21-19(23)22-18-10-7-14(2)15(3)13-18/h7,10,13,16-17H,6,8-9,11-12H2,1-5H3,(H2,21,22,23). The van der Waals surface area contributed by atoms with Crippen LogP contribution in [-0.4, -0.2) is 11.2 Å². The second kappa shape index (κ2) is 7.65. The number of anilines is 1. The van der Waals surface area contributed by atoms with Gasteiger partial charge in [0.05, 0.1) is 0 Å². The summed E-state index contributed by atoms with van der Waals surface area (Å²) >= 11 is 5.50. The largest absolute Gasteiger partial charge is 0.360 e. The van der Waals surface area contributed by atoms with E-state index in [9.17, 15) is 0 Å². The molecule has 3 heteroatoms. The zero-order chi connectivity index (χ0) is 17.0. The Morgan fingerprint density at radius 2 is 1.78 bits per heavy atom. The van der Waals surface area contributed by atoms with Crippen LogP contribution in [0.1, 0.15) is 64.0 Å². The Hall–Kier alpha value is -1.09. The molecule has 0 bridgehead atoms. The summed E-state index contributed by atoms with van der Waals surface area (Å²) in [5.74, 6) is 0.854. The SMILES string of the molecule is CCC(C)(C)C1CCC(NC(=S)Nc2ccc(C)c(C)c2)CC1. The van der Waals surface area contributed by atoms with E-state index in [1.54, 1.807) is 0 Å². The summed E-state index contributed by atoms with van der Waals surface area (Å²) in [6.45, 7) is 11.4. The normalized spacial score (nSPS) is 21.8. The van der Waals surface area contributed by atoms with E-state index in [4.69, 9.17) is 12.2 Å². The highest BCUT2D eigenvalue weighted by atomic mass is 32.1. The van der Waals surface area contributed by atoms with Crippen LogP contribution in [0.25, 0.3) is 0 Å². The van der Waals surface area contributed by atoms with Crippen LogP contribution in [0, 0.1) is 25.2 Å². The molecule has 1 saturated carbocycles. The molecule has 0 heterocycles. The molecule has 1 aliphatic rings. The highest BCUT2D eigenvalue weighted by Gasteiger charge is 2.31. The van der Waals surface area contributed by atoms with Crippen LogP contribution in [0.5, 0.6) is 0 Å². The summed E-state index contributed by atoms with van der Waals surface area (Å²) in [5, 5.41) is 7.60. The molecule has 0 amide bonds. The van der Waals surface area contributed by atoms with Crippen LogP contribution in [0.4, 0.5) is 5.69 Å². The lowest BCUT2D eigenvalue weighted by molar-refractivity contribution is 0.141. The van der Waals surface area contributed by atoms with Gasteiger partial charge in [0.2, 0.25) is 0 Å². The van der Waals surface area contributed by atoms with E-state index in [0.29, 0.717) is 11.5 Å². The van der Waals surface area contributed by atoms with Gasteiger partial charge in [-0.15, -0.1) is 0 Å². The lowest BCUT2D eigenvalue weighted by atomic mass is 9.69. The summed E-state index contributed by atoms with van der Waals surface area (Å²) in [6.07, 6.45) is 6.34. The van der Waals surface area contributed by atoms with Crippen molar-refractivity contribution in [2.75, 3.05) is 5.32 Å². The fraction of sp³-hybridized carbons (Fsp3) is 0.650. The molecule has 0 saturated heterocycles. The summed E-state index contributed by atoms with van der Waals surface area (Å²) in [7, 11) is 0. The third-order valence-corrected chi connectivity index (χ3v) is 6.06. The van der Waals surface area contributed by atoms with Crippen molar-refractivity contribution < 1.29 is 0 Å². The van der Waals surface area contributed by atoms with Crippen molar-refractivity contribution in [3.8, 4) is 0 Å². The molecule has 1 aliphatic carbocycles. The molecule has 0 aromatic heterocycles. The number of rotatable bonds is 4. The van der Waals surface area contributed by atoms with Crippen molar-refractivity contribution in [3.63, 3.8) is 0 Å². The highest BCUT2D eigenvalue weighted by molar-refractivity contribution is 7.80. The van der Waals surface area contributed by atoms with Crippen LogP contribution >= 0.6 is 12.2 Å². The number of nitrogens with one attached hydrogen (secondary N) is 2. The molecule has 128 valence electrons. The Kier molecular flexibility index (Phi) is 6.07. The molecule has 0 atom stereocenters. The zero-order valence-corrected chi connectivity index (χ0v) is 16.1. The van der Waals surface area contributed by atoms with Gasteiger partial charge in [0.15, 0.2) is 5.11 Å². The number of benzene rings is 1. The van der Waals surface area contributed by atoms with Gasteiger partial charge in [-0.2, -0.15) is 0 Å². The van der Waals surface area contributed by atoms with Gasteiger partial charge in [-0.1, -0.05) is 33.3 Å². The van der Waals surface area contributed by atoms with E-state index < -0.39 is 0 Å². The molecular formula is C20H32N2S. The third-order valence-electron chi connectivity index (χ3n) is 5.84. The molecule has 1 aromatic rings. The first kappa shape index (κ1) is 18.3. The molecule has 2 rings (SSSR count). The molecular weight excluding hydrogens is 300 g/mol. The van der Waals surface area contributed by atoms with E-state index in [0.717, 1.165) is 16.7 Å². The van der Waals surface area contributed by atoms with Crippen molar-refractivity contribution in [3.05, 3.63) is 29.3 Å². The van der Waals surface area contributed by atoms with E-state index in [1.165, 1.54) is 43.2 Å². The van der Waals surface area contributed by atoms with Gasteiger partial charge in [0.1, 0.15) is 0 Å². The van der Waals surface area contributed by atoms with Gasteiger partial charge in [0, 0.05) is 11.7 Å². The molecule has 1 fully saturated rings. The fourth-order valence-corrected chi connectivity index (χ4v) is 3.76. The maximum Gasteiger partial charge on any atom is 0.170 e. The minimum atomic E-state index is 0.475. The van der Waals surface area contributed by atoms with E-state index >= 15 is 0 Å². The number of thiocarbonyl (C=S) groups is 1. The minimum absolute atomic E-state index is 0.475. The Balaban J connectivity index is 1.82. The monoisotopic (exact) mass is 332 g/mol. The quantitative estimate of drug-likeness (QED) is 0.703. The molecule has 2 nitrogen and oxygen atoms in total. The Morgan fingerprint density at radius 1 is 1.13 bits per heavy atom. The maximum atomic E-state index is 5.50. The van der Waals surface area contributed by atoms with E-state index in [2.05, 4.69) is 63.5 Å². The summed E-state index contributed by atoms with van der Waals surface area (Å²) < 4.78 is 0. The van der Waals surface area contributed by atoms with Gasteiger partial charge in [-0.3, -0.25) is 0 Å². The number of hydrogen-bond donors (Lipinski definition) is 2. The van der Waals surface area contributed by atoms with E-state index in [-0.39, 0.29) is 0 Å². The maximum absolute atomic E-state index is 5.50. The van der Waals surface area contributed by atoms with E-state index in [1.807, 2.05) is 0 Å². The molecule has 0 unspecified atom stereocenters. The van der Waals surface area contributed by atoms with Crippen LogP contribution in [-0.2, 0) is 0 Å². The lowest BCUT2D eigenvalue weighted by Crippen LogP contribution is -2.41. The Morgan fingerprint density at radius 3 is 2.35 bits per heavy atom. The topological polar surface area (TPSA) is 24.1 Å². The first-order chi connectivity index (χ1) is 10.8. The van der Waals surface area contributed by atoms with Crippen molar-refractivity contribution in [1.82, 2.24) is 5.32 Å². The van der Waals surface area contributed by atoms with Crippen molar-refractivity contribution in [2.45, 2.75) is 72.8 Å². The Bertz CT molecular complexity index is 543. The van der Waals surface area contributed by atoms with Crippen molar-refractivity contribution in [2.24, 2.45) is 11.3 Å². The van der Waals surface area contributed by atoms with Crippen molar-refractivity contribution in [1.29, 1.82) is 0 Å². The second-order valence-corrected chi connectivity index (χ2v) is 8.20. The van der Waals surface area contributed by atoms with Gasteiger partial charge >= 0.3 is 0 Å². The summed E-state index contributed by atoms with van der Waals surface area (Å²) in [5.41, 5.74) is 4.15. The molecule has 2 N–H and O–H groups in total. The average molecular weight is 333 g/mol. The third kappa shape index (κ3) is 4.94. The van der Waals surface area contributed by atoms with Gasteiger partial charge < -0.3 is 10.6 Å². The first-order valence-electron chi connectivity index (χ1n) is 8.96. The average Bonchev–Trinajstić information content (AvgIpc) is 2.51. The molecule has 1 aromatic carbocycles. The Labute approximate surface area is 147 Å². The van der Waals surface area contributed by atoms with Crippen LogP contribution in [0.2, 0.25) is 0 Å². The van der Waals surface area contributed by atoms with Crippen LogP contribution in [0.3, 0.4) is 0 Å². The smallest absolute Gasteiger partial charge is 0.170 e. The van der Waals surface area contributed by atoms with Crippen molar-refractivity contribution >= 4 is 23.0 Å². The van der Waals surface area contributed by atoms with Gasteiger partial charge in [-0.05, 0) is 86.3 Å². The lowest BCUT2D eigenvalue weighted by Gasteiger charge is -2.39. The number of hydrogen-bond acceptors (Lipinski definition) is 1. The molecule has 0 radical (unpaired) electrons. The van der Waals surface area contributed by atoms with Gasteiger partial charge in [0.25, 0.3) is 0 Å². The van der Waals surface area contributed by atoms with Gasteiger partial charge in [-0.25, -0.2) is 0 Å². The summed E-state index contributed by atoms with van der Waals surface area (Å²) in [4.78, 5) is 0. The zero-order valence-electron chi connectivity index (χ0n) is 15.3. The predicted octanol–water partition coefficient (Wildman–Crippen LogP) is 5.58. The first-order valence-corrected chi connectivity index (χ1v) is 9.37. The minimum Gasteiger partial charge on any atom is -0.360 e. The molecule has 0 aliphatic heterocycles. The fourth-order valence-electron chi connectivity index (χ4n) is 3.48. The summed E-state index contributed by atoms with van der Waals surface area (Å²) in [6, 6.07) is 6.91. The van der Waals surface area contributed by atoms with Crippen LogP contribution in [0.15, 0.2) is 18.2 Å². The van der Waals surface area contributed by atoms with Crippen LogP contribution < -0.4 is 10.6 Å². The second-order valence-electron chi connectivity index (χ2n) is 7.79. The molecule has 0 spiro atoms. The predicted molar refractivity (Wildman–Crippen MR) is 105 cm³/mol. The number of aryl methyl sites for hydroxylation is 2. The molecule has 23 heavy (non-hydrogen) atoms.